The summed E-state index contributed by atoms with van der Waals surface area (Å²) in [6.45, 7) is 0.664. The maximum Gasteiger partial charge on any atom is 0.220 e. The van der Waals surface area contributed by atoms with Crippen LogP contribution in [0.1, 0.15) is 18.4 Å². The Bertz CT molecular complexity index is 613. The molecule has 0 saturated carbocycles. The summed E-state index contributed by atoms with van der Waals surface area (Å²) >= 11 is 3.33. The lowest BCUT2D eigenvalue weighted by molar-refractivity contribution is -0.121. The first kappa shape index (κ1) is 15.8. The van der Waals surface area contributed by atoms with Crippen molar-refractivity contribution in [3.8, 4) is 5.75 Å². The second kappa shape index (κ2) is 8.03. The first-order valence-corrected chi connectivity index (χ1v) is 8.25. The number of carbonyl (C=O) groups excluding carboxylic acids is 1. The van der Waals surface area contributed by atoms with Gasteiger partial charge < -0.3 is 10.1 Å². The third-order valence-electron chi connectivity index (χ3n) is 3.43. The summed E-state index contributed by atoms with van der Waals surface area (Å²) in [4.78, 5) is 11.6. The maximum absolute atomic E-state index is 11.6. The Balaban J connectivity index is 2.03. The van der Waals surface area contributed by atoms with E-state index >= 15 is 0 Å². The highest BCUT2D eigenvalue weighted by Crippen LogP contribution is 2.24. The number of rotatable bonds is 7. The number of hydrogen-bond donors (Lipinski definition) is 1. The molecule has 0 saturated heterocycles. The first-order chi connectivity index (χ1) is 10.2. The molecular weight excluding hydrogens is 330 g/mol. The zero-order chi connectivity index (χ0) is 15.1. The van der Waals surface area contributed by atoms with Crippen molar-refractivity contribution in [3.05, 3.63) is 42.0 Å². The van der Waals surface area contributed by atoms with Crippen LogP contribution in [0.3, 0.4) is 0 Å². The van der Waals surface area contributed by atoms with E-state index in [2.05, 4.69) is 51.6 Å². The van der Waals surface area contributed by atoms with E-state index in [1.807, 2.05) is 6.07 Å². The van der Waals surface area contributed by atoms with Crippen LogP contribution >= 0.6 is 15.9 Å². The fourth-order valence-corrected chi connectivity index (χ4v) is 2.59. The van der Waals surface area contributed by atoms with Crippen LogP contribution in [0.4, 0.5) is 0 Å². The molecule has 2 aromatic rings. The first-order valence-electron chi connectivity index (χ1n) is 7.13. The van der Waals surface area contributed by atoms with Crippen LogP contribution in [0, 0.1) is 0 Å². The van der Waals surface area contributed by atoms with Crippen molar-refractivity contribution in [1.82, 2.24) is 5.32 Å². The summed E-state index contributed by atoms with van der Waals surface area (Å²) in [5.74, 6) is 0.976. The number of amides is 1. The van der Waals surface area contributed by atoms with Gasteiger partial charge in [0.15, 0.2) is 0 Å². The molecule has 1 amide bonds. The zero-order valence-corrected chi connectivity index (χ0v) is 13.8. The summed E-state index contributed by atoms with van der Waals surface area (Å²) in [7, 11) is 1.67. The van der Waals surface area contributed by atoms with Gasteiger partial charge in [0.2, 0.25) is 5.91 Å². The Morgan fingerprint density at radius 2 is 2.14 bits per heavy atom. The number of alkyl halides is 1. The summed E-state index contributed by atoms with van der Waals surface area (Å²) < 4.78 is 5.29. The molecule has 0 spiro atoms. The van der Waals surface area contributed by atoms with E-state index in [-0.39, 0.29) is 5.91 Å². The molecule has 2 rings (SSSR count). The molecule has 0 heterocycles. The van der Waals surface area contributed by atoms with Crippen LogP contribution in [0.15, 0.2) is 36.4 Å². The Kier molecular flexibility index (Phi) is 6.05. The molecule has 0 fully saturated rings. The number of nitrogens with one attached hydrogen (secondary N) is 1. The molecule has 0 radical (unpaired) electrons. The molecular formula is C17H20BrNO2. The van der Waals surface area contributed by atoms with Gasteiger partial charge in [-0.25, -0.2) is 0 Å². The Hall–Kier alpha value is -1.55. The largest absolute Gasteiger partial charge is 0.497 e. The second-order valence-electron chi connectivity index (χ2n) is 4.90. The molecule has 0 aliphatic rings. The standard InChI is InChI=1S/C17H20BrNO2/c1-21-15-8-7-13-4-2-5-14(16(13)12-15)9-11-19-17(20)6-3-10-18/h2,4-5,7-8,12H,3,6,9-11H2,1H3,(H,19,20). The number of hydrogen-bond acceptors (Lipinski definition) is 2. The van der Waals surface area contributed by atoms with Gasteiger partial charge in [0.1, 0.15) is 5.75 Å². The van der Waals surface area contributed by atoms with Gasteiger partial charge in [0.05, 0.1) is 7.11 Å². The summed E-state index contributed by atoms with van der Waals surface area (Å²) in [5, 5.41) is 6.21. The number of benzene rings is 2. The number of fused-ring (bicyclic) bond motifs is 1. The molecule has 0 aliphatic carbocycles. The molecule has 0 aromatic heterocycles. The molecule has 2 aromatic carbocycles. The van der Waals surface area contributed by atoms with E-state index in [1.165, 1.54) is 16.3 Å². The average Bonchev–Trinajstić information content (AvgIpc) is 2.52. The van der Waals surface area contributed by atoms with E-state index in [0.717, 1.165) is 23.9 Å². The number of ether oxygens (including phenoxy) is 1. The lowest BCUT2D eigenvalue weighted by Gasteiger charge is -2.09. The van der Waals surface area contributed by atoms with E-state index in [1.54, 1.807) is 7.11 Å². The van der Waals surface area contributed by atoms with Crippen LogP contribution in [-0.2, 0) is 11.2 Å². The fourth-order valence-electron chi connectivity index (χ4n) is 2.31. The minimum absolute atomic E-state index is 0.118. The third-order valence-corrected chi connectivity index (χ3v) is 3.99. The zero-order valence-electron chi connectivity index (χ0n) is 12.2. The van der Waals surface area contributed by atoms with Gasteiger partial charge in [0.25, 0.3) is 0 Å². The van der Waals surface area contributed by atoms with Crippen LogP contribution < -0.4 is 10.1 Å². The predicted molar refractivity (Wildman–Crippen MR) is 90.2 cm³/mol. The van der Waals surface area contributed by atoms with Gasteiger partial charge in [-0.2, -0.15) is 0 Å². The summed E-state index contributed by atoms with van der Waals surface area (Å²) in [5.41, 5.74) is 1.23. The molecule has 0 unspecified atom stereocenters. The van der Waals surface area contributed by atoms with Crippen molar-refractivity contribution in [2.24, 2.45) is 0 Å². The van der Waals surface area contributed by atoms with E-state index in [0.29, 0.717) is 13.0 Å². The van der Waals surface area contributed by atoms with Crippen LogP contribution in [0.2, 0.25) is 0 Å². The quantitative estimate of drug-likeness (QED) is 0.774. The van der Waals surface area contributed by atoms with Gasteiger partial charge >= 0.3 is 0 Å². The molecule has 0 bridgehead atoms. The SMILES string of the molecule is COc1ccc2cccc(CCNC(=O)CCCBr)c2c1. The van der Waals surface area contributed by atoms with E-state index in [9.17, 15) is 4.79 Å². The van der Waals surface area contributed by atoms with Crippen LogP contribution in [0.25, 0.3) is 10.8 Å². The van der Waals surface area contributed by atoms with Gasteiger partial charge in [0, 0.05) is 18.3 Å². The fraction of sp³-hybridized carbons (Fsp3) is 0.353. The minimum atomic E-state index is 0.118. The summed E-state index contributed by atoms with van der Waals surface area (Å²) in [6, 6.07) is 12.3. The molecule has 3 nitrogen and oxygen atoms in total. The molecule has 0 atom stereocenters. The van der Waals surface area contributed by atoms with Crippen molar-refractivity contribution in [2.75, 3.05) is 19.0 Å². The normalized spacial score (nSPS) is 10.6. The van der Waals surface area contributed by atoms with Crippen LogP contribution in [-0.4, -0.2) is 24.9 Å². The van der Waals surface area contributed by atoms with Gasteiger partial charge in [-0.1, -0.05) is 40.2 Å². The Labute approximate surface area is 133 Å². The molecule has 21 heavy (non-hydrogen) atoms. The van der Waals surface area contributed by atoms with E-state index < -0.39 is 0 Å². The smallest absolute Gasteiger partial charge is 0.220 e. The second-order valence-corrected chi connectivity index (χ2v) is 5.69. The lowest BCUT2D eigenvalue weighted by Crippen LogP contribution is -2.25. The monoisotopic (exact) mass is 349 g/mol. The Morgan fingerprint density at radius 1 is 1.29 bits per heavy atom. The topological polar surface area (TPSA) is 38.3 Å². The van der Waals surface area contributed by atoms with Gasteiger partial charge in [-0.3, -0.25) is 4.79 Å². The number of methoxy groups -OCH3 is 1. The highest BCUT2D eigenvalue weighted by Gasteiger charge is 2.04. The molecule has 4 heteroatoms. The highest BCUT2D eigenvalue weighted by atomic mass is 79.9. The van der Waals surface area contributed by atoms with Crippen molar-refractivity contribution < 1.29 is 9.53 Å². The maximum atomic E-state index is 11.6. The predicted octanol–water partition coefficient (Wildman–Crippen LogP) is 3.68. The van der Waals surface area contributed by atoms with Crippen molar-refractivity contribution in [3.63, 3.8) is 0 Å². The average molecular weight is 350 g/mol. The van der Waals surface area contributed by atoms with Gasteiger partial charge in [-0.15, -0.1) is 0 Å². The minimum Gasteiger partial charge on any atom is -0.497 e. The van der Waals surface area contributed by atoms with E-state index in [4.69, 9.17) is 4.74 Å². The number of carbonyl (C=O) groups is 1. The molecule has 1 N–H and O–H groups in total. The molecule has 112 valence electrons. The number of halogens is 1. The van der Waals surface area contributed by atoms with Crippen molar-refractivity contribution >= 4 is 32.6 Å². The van der Waals surface area contributed by atoms with Crippen molar-refractivity contribution in [1.29, 1.82) is 0 Å². The third kappa shape index (κ3) is 4.46. The Morgan fingerprint density at radius 3 is 2.90 bits per heavy atom. The molecule has 0 aliphatic heterocycles. The van der Waals surface area contributed by atoms with Crippen LogP contribution in [0.5, 0.6) is 5.75 Å². The van der Waals surface area contributed by atoms with Gasteiger partial charge in [-0.05, 0) is 41.3 Å². The lowest BCUT2D eigenvalue weighted by atomic mass is 10.0. The summed E-state index contributed by atoms with van der Waals surface area (Å²) in [6.07, 6.45) is 2.27. The van der Waals surface area contributed by atoms with Crippen molar-refractivity contribution in [2.45, 2.75) is 19.3 Å². The highest BCUT2D eigenvalue weighted by molar-refractivity contribution is 9.09.